The quantitative estimate of drug-likeness (QED) is 0.552. The number of thiazole rings is 1. The molecule has 4 rings (SSSR count). The minimum Gasteiger partial charge on any atom is -0.352 e. The monoisotopic (exact) mass is 402 g/mol. The van der Waals surface area contributed by atoms with E-state index in [1.165, 1.54) is 23.5 Å². The van der Waals surface area contributed by atoms with Crippen molar-refractivity contribution >= 4 is 22.2 Å². The van der Waals surface area contributed by atoms with Gasteiger partial charge in [-0.1, -0.05) is 12.1 Å². The van der Waals surface area contributed by atoms with E-state index in [0.717, 1.165) is 17.8 Å². The van der Waals surface area contributed by atoms with Gasteiger partial charge in [0.25, 0.3) is 5.91 Å². The second kappa shape index (κ2) is 7.43. The Kier molecular flexibility index (Phi) is 4.82. The minimum atomic E-state index is -1.07. The van der Waals surface area contributed by atoms with Crippen LogP contribution in [-0.2, 0) is 6.42 Å². The van der Waals surface area contributed by atoms with E-state index in [9.17, 15) is 18.0 Å². The zero-order valence-electron chi connectivity index (χ0n) is 14.3. The van der Waals surface area contributed by atoms with Crippen LogP contribution in [0.25, 0.3) is 16.3 Å². The number of halogens is 3. The van der Waals surface area contributed by atoms with Crippen molar-refractivity contribution in [3.63, 3.8) is 0 Å². The van der Waals surface area contributed by atoms with Crippen molar-refractivity contribution in [1.29, 1.82) is 0 Å². The third-order valence-electron chi connectivity index (χ3n) is 4.11. The lowest BCUT2D eigenvalue weighted by Crippen LogP contribution is -2.26. The van der Waals surface area contributed by atoms with E-state index in [0.29, 0.717) is 16.9 Å². The minimum absolute atomic E-state index is 0.0389. The Morgan fingerprint density at radius 2 is 1.89 bits per heavy atom. The lowest BCUT2D eigenvalue weighted by atomic mass is 10.2. The Morgan fingerprint density at radius 1 is 1.07 bits per heavy atom. The molecule has 9 heteroatoms. The summed E-state index contributed by atoms with van der Waals surface area (Å²) in [6.45, 7) is 0.262. The molecule has 0 saturated heterocycles. The van der Waals surface area contributed by atoms with Crippen LogP contribution in [0.1, 0.15) is 16.1 Å². The SMILES string of the molecule is O=C(NCCc1csc2nc(-c3ccccc3F)nn12)c1ccc(F)c(F)c1. The van der Waals surface area contributed by atoms with Crippen LogP contribution in [0.3, 0.4) is 0 Å². The van der Waals surface area contributed by atoms with Crippen molar-refractivity contribution < 1.29 is 18.0 Å². The van der Waals surface area contributed by atoms with Crippen molar-refractivity contribution in [2.45, 2.75) is 6.42 Å². The first-order valence-electron chi connectivity index (χ1n) is 8.34. The second-order valence-electron chi connectivity index (χ2n) is 5.97. The van der Waals surface area contributed by atoms with Crippen molar-refractivity contribution in [2.75, 3.05) is 6.54 Å². The molecule has 28 heavy (non-hydrogen) atoms. The lowest BCUT2D eigenvalue weighted by Gasteiger charge is -2.05. The van der Waals surface area contributed by atoms with Crippen LogP contribution in [0.5, 0.6) is 0 Å². The fourth-order valence-corrected chi connectivity index (χ4v) is 3.55. The molecule has 0 unspecified atom stereocenters. The average Bonchev–Trinajstić information content (AvgIpc) is 3.26. The molecule has 142 valence electrons. The lowest BCUT2D eigenvalue weighted by molar-refractivity contribution is 0.0953. The molecular formula is C19H13F3N4OS. The van der Waals surface area contributed by atoms with Gasteiger partial charge in [-0.3, -0.25) is 4.79 Å². The fourth-order valence-electron chi connectivity index (χ4n) is 2.70. The zero-order chi connectivity index (χ0) is 19.7. The van der Waals surface area contributed by atoms with Gasteiger partial charge in [-0.25, -0.2) is 17.7 Å². The van der Waals surface area contributed by atoms with Gasteiger partial charge in [-0.2, -0.15) is 4.98 Å². The molecule has 5 nitrogen and oxygen atoms in total. The molecule has 0 spiro atoms. The first-order chi connectivity index (χ1) is 13.5. The first kappa shape index (κ1) is 18.2. The summed E-state index contributed by atoms with van der Waals surface area (Å²) < 4.78 is 41.7. The van der Waals surface area contributed by atoms with E-state index in [1.807, 2.05) is 5.38 Å². The standard InChI is InChI=1S/C19H13F3N4OS/c20-14-4-2-1-3-13(14)17-24-19-26(25-17)12(10-28-19)7-8-23-18(27)11-5-6-15(21)16(22)9-11/h1-6,9-10H,7-8H2,(H,23,27). The number of nitrogens with one attached hydrogen (secondary N) is 1. The van der Waals surface area contributed by atoms with Crippen molar-refractivity contribution in [1.82, 2.24) is 19.9 Å². The van der Waals surface area contributed by atoms with Gasteiger partial charge in [0.15, 0.2) is 17.5 Å². The van der Waals surface area contributed by atoms with Crippen molar-refractivity contribution in [2.24, 2.45) is 0 Å². The van der Waals surface area contributed by atoms with E-state index in [-0.39, 0.29) is 17.9 Å². The molecule has 0 aliphatic heterocycles. The fraction of sp³-hybridized carbons (Fsp3) is 0.105. The summed E-state index contributed by atoms with van der Waals surface area (Å²) in [6, 6.07) is 9.24. The normalized spacial score (nSPS) is 11.1. The van der Waals surface area contributed by atoms with Gasteiger partial charge >= 0.3 is 0 Å². The molecule has 2 aromatic heterocycles. The van der Waals surface area contributed by atoms with E-state index in [2.05, 4.69) is 15.4 Å². The molecular weight excluding hydrogens is 389 g/mol. The van der Waals surface area contributed by atoms with Gasteiger partial charge in [-0.15, -0.1) is 16.4 Å². The van der Waals surface area contributed by atoms with Crippen molar-refractivity contribution in [3.8, 4) is 11.4 Å². The molecule has 2 heterocycles. The largest absolute Gasteiger partial charge is 0.352 e. The third-order valence-corrected chi connectivity index (χ3v) is 4.98. The smallest absolute Gasteiger partial charge is 0.251 e. The molecule has 1 amide bonds. The number of benzene rings is 2. The molecule has 0 radical (unpaired) electrons. The summed E-state index contributed by atoms with van der Waals surface area (Å²) in [4.78, 5) is 17.0. The van der Waals surface area contributed by atoms with Gasteiger partial charge in [0.2, 0.25) is 4.96 Å². The number of carbonyl (C=O) groups excluding carboxylic acids is 1. The van der Waals surface area contributed by atoms with E-state index < -0.39 is 23.4 Å². The molecule has 0 aliphatic carbocycles. The Hall–Kier alpha value is -3.20. The van der Waals surface area contributed by atoms with Crippen LogP contribution in [-0.4, -0.2) is 27.0 Å². The number of fused-ring (bicyclic) bond motifs is 1. The van der Waals surface area contributed by atoms with Gasteiger partial charge in [0.1, 0.15) is 5.82 Å². The predicted molar refractivity (Wildman–Crippen MR) is 98.7 cm³/mol. The summed E-state index contributed by atoms with van der Waals surface area (Å²) in [5.74, 6) is -2.70. The van der Waals surface area contributed by atoms with Crippen LogP contribution in [0.2, 0.25) is 0 Å². The summed E-state index contributed by atoms with van der Waals surface area (Å²) in [7, 11) is 0. The van der Waals surface area contributed by atoms with Crippen LogP contribution >= 0.6 is 11.3 Å². The topological polar surface area (TPSA) is 59.3 Å². The van der Waals surface area contributed by atoms with Gasteiger partial charge in [0.05, 0.1) is 11.3 Å². The maximum Gasteiger partial charge on any atom is 0.251 e. The Balaban J connectivity index is 1.46. The van der Waals surface area contributed by atoms with Crippen molar-refractivity contribution in [3.05, 3.63) is 76.6 Å². The van der Waals surface area contributed by atoms with E-state index in [4.69, 9.17) is 0 Å². The highest BCUT2D eigenvalue weighted by atomic mass is 32.1. The summed E-state index contributed by atoms with van der Waals surface area (Å²) in [6.07, 6.45) is 0.440. The van der Waals surface area contributed by atoms with Gasteiger partial charge in [-0.05, 0) is 30.3 Å². The first-order valence-corrected chi connectivity index (χ1v) is 9.22. The Bertz CT molecular complexity index is 1170. The number of amides is 1. The van der Waals surface area contributed by atoms with Gasteiger partial charge in [0, 0.05) is 23.9 Å². The number of nitrogens with zero attached hydrogens (tertiary/aromatic N) is 3. The highest BCUT2D eigenvalue weighted by molar-refractivity contribution is 7.15. The van der Waals surface area contributed by atoms with Crippen LogP contribution in [0, 0.1) is 17.5 Å². The Labute approximate surface area is 161 Å². The number of hydrogen-bond acceptors (Lipinski definition) is 4. The van der Waals surface area contributed by atoms with E-state index >= 15 is 0 Å². The molecule has 0 aliphatic rings. The predicted octanol–water partition coefficient (Wildman–Crippen LogP) is 3.85. The van der Waals surface area contributed by atoms with Crippen LogP contribution < -0.4 is 5.32 Å². The van der Waals surface area contributed by atoms with Gasteiger partial charge < -0.3 is 5.32 Å². The molecule has 4 aromatic rings. The number of hydrogen-bond donors (Lipinski definition) is 1. The zero-order valence-corrected chi connectivity index (χ0v) is 15.1. The van der Waals surface area contributed by atoms with Crippen LogP contribution in [0.4, 0.5) is 13.2 Å². The van der Waals surface area contributed by atoms with Crippen LogP contribution in [0.15, 0.2) is 47.8 Å². The Morgan fingerprint density at radius 3 is 2.68 bits per heavy atom. The maximum absolute atomic E-state index is 13.9. The third kappa shape index (κ3) is 3.48. The summed E-state index contributed by atoms with van der Waals surface area (Å²) in [5, 5.41) is 8.86. The van der Waals surface area contributed by atoms with E-state index in [1.54, 1.807) is 22.7 Å². The highest BCUT2D eigenvalue weighted by Crippen LogP contribution is 2.23. The molecule has 0 saturated carbocycles. The number of carbonyl (C=O) groups is 1. The second-order valence-corrected chi connectivity index (χ2v) is 6.81. The number of aromatic nitrogens is 3. The summed E-state index contributed by atoms with van der Waals surface area (Å²) >= 11 is 1.36. The maximum atomic E-state index is 13.9. The number of rotatable bonds is 5. The molecule has 0 fully saturated rings. The molecule has 2 aromatic carbocycles. The summed E-state index contributed by atoms with van der Waals surface area (Å²) in [5.41, 5.74) is 1.15. The molecule has 0 bridgehead atoms. The molecule has 0 atom stereocenters. The molecule has 1 N–H and O–H groups in total. The highest BCUT2D eigenvalue weighted by Gasteiger charge is 2.15. The average molecular weight is 402 g/mol.